The maximum absolute atomic E-state index is 12.7. The number of aliphatic hydroxyl groups is 1. The second-order valence-corrected chi connectivity index (χ2v) is 8.93. The molecule has 1 rings (SSSR count). The fraction of sp³-hybridized carbons (Fsp3) is 0.353. The average molecular weight is 789 g/mol. The van der Waals surface area contributed by atoms with Crippen LogP contribution >= 0.6 is 67.8 Å². The van der Waals surface area contributed by atoms with Crippen LogP contribution in [0.5, 0.6) is 0 Å². The van der Waals surface area contributed by atoms with E-state index in [0.717, 1.165) is 7.11 Å². The van der Waals surface area contributed by atoms with Crippen LogP contribution in [0, 0.1) is 10.7 Å². The van der Waals surface area contributed by atoms with Gasteiger partial charge in [0, 0.05) is 10.7 Å². The van der Waals surface area contributed by atoms with Crippen LogP contribution in [0.4, 0.5) is 5.69 Å². The number of aromatic carboxylic acids is 1. The van der Waals surface area contributed by atoms with Gasteiger partial charge in [0.15, 0.2) is 6.10 Å². The SMILES string of the molecule is COCC(=O)Nc1c(I)c(C(=O)O)c(I)c(C(=O)OCC(O)C(=O)[N]CC(=O)OC)c1I. The van der Waals surface area contributed by atoms with Crippen molar-refractivity contribution in [1.82, 2.24) is 5.32 Å². The van der Waals surface area contributed by atoms with E-state index in [-0.39, 0.29) is 34.1 Å². The number of esters is 2. The molecule has 0 saturated carbocycles. The van der Waals surface area contributed by atoms with Gasteiger partial charge in [-0.3, -0.25) is 14.4 Å². The van der Waals surface area contributed by atoms with Crippen LogP contribution in [0.1, 0.15) is 20.7 Å². The van der Waals surface area contributed by atoms with Gasteiger partial charge < -0.3 is 29.7 Å². The summed E-state index contributed by atoms with van der Waals surface area (Å²) in [5, 5.41) is 25.2. The average Bonchev–Trinajstić information content (AvgIpc) is 2.72. The molecule has 175 valence electrons. The molecule has 0 bridgehead atoms. The van der Waals surface area contributed by atoms with E-state index in [2.05, 4.69) is 15.4 Å². The van der Waals surface area contributed by atoms with Crippen molar-refractivity contribution in [1.29, 1.82) is 0 Å². The van der Waals surface area contributed by atoms with Crippen LogP contribution in [0.2, 0.25) is 0 Å². The number of methoxy groups -OCH3 is 2. The maximum Gasteiger partial charge on any atom is 0.340 e. The first kappa shape index (κ1) is 28.7. The Hall–Kier alpha value is -1.32. The molecule has 2 amide bonds. The molecule has 15 heteroatoms. The normalized spacial score (nSPS) is 11.3. The Bertz CT molecular complexity index is 938. The fourth-order valence-corrected chi connectivity index (χ4v) is 6.40. The predicted molar refractivity (Wildman–Crippen MR) is 132 cm³/mol. The first-order valence-corrected chi connectivity index (χ1v) is 11.6. The Balaban J connectivity index is 3.17. The summed E-state index contributed by atoms with van der Waals surface area (Å²) in [7, 11) is 2.40. The number of ether oxygens (including phenoxy) is 3. The lowest BCUT2D eigenvalue weighted by Crippen LogP contribution is -2.36. The third kappa shape index (κ3) is 7.63. The first-order valence-electron chi connectivity index (χ1n) is 8.32. The molecule has 32 heavy (non-hydrogen) atoms. The first-order chi connectivity index (χ1) is 15.0. The summed E-state index contributed by atoms with van der Waals surface area (Å²) in [6.45, 7) is -1.71. The zero-order valence-corrected chi connectivity index (χ0v) is 22.9. The minimum absolute atomic E-state index is 0.0369. The summed E-state index contributed by atoms with van der Waals surface area (Å²) in [6, 6.07) is 0. The number of carbonyl (C=O) groups excluding carboxylic acids is 4. The molecule has 0 aliphatic heterocycles. The van der Waals surface area contributed by atoms with Crippen LogP contribution in [-0.2, 0) is 28.6 Å². The Morgan fingerprint density at radius 3 is 2.16 bits per heavy atom. The van der Waals surface area contributed by atoms with Crippen molar-refractivity contribution in [2.45, 2.75) is 6.10 Å². The number of halogens is 3. The molecule has 1 atom stereocenters. The van der Waals surface area contributed by atoms with Gasteiger partial charge in [-0.2, -0.15) is 0 Å². The third-order valence-corrected chi connectivity index (χ3v) is 6.76. The standard InChI is InChI=1S/C17H16I3N2O10/c1-30-5-7(24)22-14-12(19)9(16(27)28)11(18)10(13(14)20)17(29)32-4-6(23)15(26)21-3-8(25)31-2/h6,23H,3-5H2,1-2H3,(H,22,24)(H,27,28). The molecule has 1 radical (unpaired) electrons. The van der Waals surface area contributed by atoms with Gasteiger partial charge in [0.1, 0.15) is 19.8 Å². The van der Waals surface area contributed by atoms with Crippen molar-refractivity contribution in [2.24, 2.45) is 0 Å². The van der Waals surface area contributed by atoms with Crippen molar-refractivity contribution in [3.63, 3.8) is 0 Å². The van der Waals surface area contributed by atoms with Crippen LogP contribution in [0.25, 0.3) is 0 Å². The molecule has 1 aromatic carbocycles. The van der Waals surface area contributed by atoms with Gasteiger partial charge in [0.2, 0.25) is 5.91 Å². The van der Waals surface area contributed by atoms with E-state index in [1.165, 1.54) is 7.11 Å². The van der Waals surface area contributed by atoms with Crippen molar-refractivity contribution in [3.8, 4) is 0 Å². The monoisotopic (exact) mass is 789 g/mol. The Morgan fingerprint density at radius 2 is 1.62 bits per heavy atom. The number of carbonyl (C=O) groups is 5. The van der Waals surface area contributed by atoms with E-state index in [1.54, 1.807) is 67.8 Å². The van der Waals surface area contributed by atoms with Gasteiger partial charge in [-0.05, 0) is 67.8 Å². The zero-order valence-electron chi connectivity index (χ0n) is 16.4. The van der Waals surface area contributed by atoms with Crippen LogP contribution in [0.15, 0.2) is 0 Å². The number of amides is 2. The van der Waals surface area contributed by atoms with Crippen molar-refractivity contribution in [3.05, 3.63) is 21.8 Å². The summed E-state index contributed by atoms with van der Waals surface area (Å²) in [5.74, 6) is -4.86. The largest absolute Gasteiger partial charge is 0.478 e. The second kappa shape index (κ2) is 13.4. The molecule has 0 aliphatic carbocycles. The molecule has 0 aromatic heterocycles. The highest BCUT2D eigenvalue weighted by molar-refractivity contribution is 14.1. The second-order valence-electron chi connectivity index (χ2n) is 5.70. The molecule has 1 aromatic rings. The number of nitrogens with one attached hydrogen (secondary N) is 1. The highest BCUT2D eigenvalue weighted by Gasteiger charge is 2.30. The minimum Gasteiger partial charge on any atom is -0.478 e. The lowest BCUT2D eigenvalue weighted by molar-refractivity contribution is -0.143. The molecule has 0 saturated heterocycles. The van der Waals surface area contributed by atoms with Crippen molar-refractivity contribution < 1.29 is 48.4 Å². The minimum atomic E-state index is -1.84. The van der Waals surface area contributed by atoms with Gasteiger partial charge in [-0.1, -0.05) is 0 Å². The van der Waals surface area contributed by atoms with E-state index >= 15 is 0 Å². The van der Waals surface area contributed by atoms with Gasteiger partial charge >= 0.3 is 17.9 Å². The lowest BCUT2D eigenvalue weighted by Gasteiger charge is -2.18. The Labute approximate surface area is 222 Å². The fourth-order valence-electron chi connectivity index (χ4n) is 2.06. The van der Waals surface area contributed by atoms with E-state index in [9.17, 15) is 34.2 Å². The van der Waals surface area contributed by atoms with E-state index in [0.29, 0.717) is 0 Å². The summed E-state index contributed by atoms with van der Waals surface area (Å²) >= 11 is 5.14. The van der Waals surface area contributed by atoms with E-state index in [4.69, 9.17) is 9.47 Å². The van der Waals surface area contributed by atoms with Crippen LogP contribution < -0.4 is 10.6 Å². The number of aliphatic hydroxyl groups excluding tert-OH is 1. The van der Waals surface area contributed by atoms with Crippen molar-refractivity contribution in [2.75, 3.05) is 39.3 Å². The van der Waals surface area contributed by atoms with Gasteiger partial charge in [-0.25, -0.2) is 14.9 Å². The molecule has 1 unspecified atom stereocenters. The Morgan fingerprint density at radius 1 is 1.03 bits per heavy atom. The molecular formula is C17H16I3N2O10. The quantitative estimate of drug-likeness (QED) is 0.225. The smallest absolute Gasteiger partial charge is 0.340 e. The number of hydrogen-bond donors (Lipinski definition) is 3. The third-order valence-electron chi connectivity index (χ3n) is 3.52. The van der Waals surface area contributed by atoms with Gasteiger partial charge in [0.05, 0.1) is 31.1 Å². The number of nitrogens with zero attached hydrogens (tertiary/aromatic N) is 1. The highest BCUT2D eigenvalue weighted by atomic mass is 127. The summed E-state index contributed by atoms with van der Waals surface area (Å²) < 4.78 is 14.4. The zero-order chi connectivity index (χ0) is 24.6. The molecule has 12 nitrogen and oxygen atoms in total. The number of carboxylic acids is 1. The number of anilines is 1. The number of rotatable bonds is 10. The maximum atomic E-state index is 12.7. The van der Waals surface area contributed by atoms with E-state index in [1.807, 2.05) is 0 Å². The highest BCUT2D eigenvalue weighted by Crippen LogP contribution is 2.36. The van der Waals surface area contributed by atoms with Gasteiger partial charge in [-0.15, -0.1) is 0 Å². The molecule has 0 aliphatic rings. The summed E-state index contributed by atoms with van der Waals surface area (Å²) in [6.07, 6.45) is -1.84. The number of benzene rings is 1. The molecule has 0 spiro atoms. The molecule has 0 heterocycles. The van der Waals surface area contributed by atoms with Crippen LogP contribution in [-0.4, -0.2) is 80.0 Å². The van der Waals surface area contributed by atoms with E-state index < -0.39 is 49.0 Å². The topological polar surface area (TPSA) is 180 Å². The molecular weight excluding hydrogens is 773 g/mol. The van der Waals surface area contributed by atoms with Crippen LogP contribution in [0.3, 0.4) is 0 Å². The lowest BCUT2D eigenvalue weighted by atomic mass is 10.1. The predicted octanol–water partition coefficient (Wildman–Crippen LogP) is 0.605. The van der Waals surface area contributed by atoms with Crippen molar-refractivity contribution >= 4 is 103 Å². The molecule has 3 N–H and O–H groups in total. The number of carboxylic acid groups (broad SMARTS) is 1. The molecule has 0 fully saturated rings. The Kier molecular flexibility index (Phi) is 12.0. The summed E-state index contributed by atoms with van der Waals surface area (Å²) in [4.78, 5) is 59.1. The van der Waals surface area contributed by atoms with Gasteiger partial charge in [0.25, 0.3) is 5.91 Å². The summed E-state index contributed by atoms with van der Waals surface area (Å²) in [5.41, 5.74) is -0.346. The number of hydrogen-bond acceptors (Lipinski definition) is 9.